The number of nitrogens with two attached hydrogens (primary N) is 1. The molecular formula is C53H100NO7P. The van der Waals surface area contributed by atoms with Crippen LogP contribution in [0.3, 0.4) is 0 Å². The molecule has 8 nitrogen and oxygen atoms in total. The highest BCUT2D eigenvalue weighted by atomic mass is 31.2. The highest BCUT2D eigenvalue weighted by molar-refractivity contribution is 7.47. The van der Waals surface area contributed by atoms with Crippen molar-refractivity contribution in [2.75, 3.05) is 33.0 Å². The van der Waals surface area contributed by atoms with E-state index in [0.717, 1.165) is 51.4 Å². The van der Waals surface area contributed by atoms with Crippen LogP contribution in [0.4, 0.5) is 0 Å². The second kappa shape index (κ2) is 50.5. The van der Waals surface area contributed by atoms with Crippen LogP contribution < -0.4 is 5.73 Å². The molecule has 0 saturated heterocycles. The molecule has 364 valence electrons. The first-order valence-corrected chi connectivity index (χ1v) is 27.6. The maximum Gasteiger partial charge on any atom is 0.472 e. The first-order valence-electron chi connectivity index (χ1n) is 26.1. The summed E-state index contributed by atoms with van der Waals surface area (Å²) in [6.07, 6.45) is 61.4. The fourth-order valence-electron chi connectivity index (χ4n) is 7.35. The highest BCUT2D eigenvalue weighted by Gasteiger charge is 2.25. The van der Waals surface area contributed by atoms with Crippen LogP contribution in [0.1, 0.15) is 245 Å². The second-order valence-corrected chi connectivity index (χ2v) is 18.8. The molecule has 0 fully saturated rings. The van der Waals surface area contributed by atoms with Gasteiger partial charge in [0.15, 0.2) is 0 Å². The van der Waals surface area contributed by atoms with Crippen LogP contribution in [0.2, 0.25) is 0 Å². The average molecular weight is 894 g/mol. The zero-order chi connectivity index (χ0) is 45.1. The van der Waals surface area contributed by atoms with Crippen molar-refractivity contribution in [2.24, 2.45) is 5.73 Å². The van der Waals surface area contributed by atoms with Gasteiger partial charge in [-0.1, -0.05) is 210 Å². The lowest BCUT2D eigenvalue weighted by molar-refractivity contribution is -0.154. The smallest absolute Gasteiger partial charge is 0.457 e. The summed E-state index contributed by atoms with van der Waals surface area (Å²) in [6.45, 7) is 4.93. The van der Waals surface area contributed by atoms with Gasteiger partial charge in [0.05, 0.1) is 19.8 Å². The van der Waals surface area contributed by atoms with Gasteiger partial charge in [-0.3, -0.25) is 13.8 Å². The summed E-state index contributed by atoms with van der Waals surface area (Å²) in [4.78, 5) is 22.6. The lowest BCUT2D eigenvalue weighted by atomic mass is 10.1. The van der Waals surface area contributed by atoms with Gasteiger partial charge in [0.2, 0.25) is 0 Å². The lowest BCUT2D eigenvalue weighted by Gasteiger charge is -2.20. The summed E-state index contributed by atoms with van der Waals surface area (Å²) in [6, 6.07) is 0. The number of carbonyl (C=O) groups excluding carboxylic acids is 1. The number of hydrogen-bond donors (Lipinski definition) is 2. The SMILES string of the molecule is CCCCCCC/C=C\C/C=C\C/C=C\CCCCCCCCCCC(=O)OC(COCCCCCCCCCCCC/C=C\CCCCCCCC)COP(=O)(O)OCCN. The Kier molecular flexibility index (Phi) is 49.2. The van der Waals surface area contributed by atoms with Crippen LogP contribution in [0.5, 0.6) is 0 Å². The van der Waals surface area contributed by atoms with Gasteiger partial charge < -0.3 is 20.1 Å². The highest BCUT2D eigenvalue weighted by Crippen LogP contribution is 2.43. The van der Waals surface area contributed by atoms with Gasteiger partial charge in [-0.15, -0.1) is 0 Å². The van der Waals surface area contributed by atoms with Crippen LogP contribution in [0.25, 0.3) is 0 Å². The summed E-state index contributed by atoms with van der Waals surface area (Å²) in [5, 5.41) is 0. The topological polar surface area (TPSA) is 117 Å². The normalized spacial score (nSPS) is 13.7. The van der Waals surface area contributed by atoms with E-state index >= 15 is 0 Å². The Morgan fingerprint density at radius 2 is 0.855 bits per heavy atom. The van der Waals surface area contributed by atoms with Gasteiger partial charge in [-0.05, 0) is 77.0 Å². The van der Waals surface area contributed by atoms with Gasteiger partial charge in [0.25, 0.3) is 0 Å². The third-order valence-corrected chi connectivity index (χ3v) is 12.2. The van der Waals surface area contributed by atoms with Crippen molar-refractivity contribution in [3.63, 3.8) is 0 Å². The zero-order valence-electron chi connectivity index (χ0n) is 40.6. The van der Waals surface area contributed by atoms with Gasteiger partial charge in [-0.2, -0.15) is 0 Å². The summed E-state index contributed by atoms with van der Waals surface area (Å²) in [5.74, 6) is -0.336. The zero-order valence-corrected chi connectivity index (χ0v) is 41.5. The molecular weight excluding hydrogens is 794 g/mol. The Balaban J connectivity index is 3.96. The molecule has 0 bridgehead atoms. The van der Waals surface area contributed by atoms with Crippen molar-refractivity contribution in [1.29, 1.82) is 0 Å². The number of ether oxygens (including phenoxy) is 2. The number of esters is 1. The van der Waals surface area contributed by atoms with Crippen LogP contribution >= 0.6 is 7.82 Å². The molecule has 0 heterocycles. The number of phosphoric ester groups is 1. The number of carbonyl (C=O) groups is 1. The third kappa shape index (κ3) is 49.5. The molecule has 9 heteroatoms. The third-order valence-electron chi connectivity index (χ3n) is 11.2. The molecule has 0 saturated carbocycles. The Bertz CT molecular complexity index is 1090. The van der Waals surface area contributed by atoms with Crippen molar-refractivity contribution >= 4 is 13.8 Å². The number of phosphoric acid groups is 1. The molecule has 0 aromatic heterocycles. The predicted molar refractivity (Wildman–Crippen MR) is 266 cm³/mol. The van der Waals surface area contributed by atoms with E-state index in [9.17, 15) is 14.3 Å². The second-order valence-electron chi connectivity index (χ2n) is 17.4. The van der Waals surface area contributed by atoms with Gasteiger partial charge in [-0.25, -0.2) is 4.57 Å². The van der Waals surface area contributed by atoms with Crippen molar-refractivity contribution in [1.82, 2.24) is 0 Å². The Morgan fingerprint density at radius 3 is 1.29 bits per heavy atom. The van der Waals surface area contributed by atoms with E-state index < -0.39 is 13.9 Å². The molecule has 2 atom stereocenters. The molecule has 3 N–H and O–H groups in total. The summed E-state index contributed by atoms with van der Waals surface area (Å²) >= 11 is 0. The van der Waals surface area contributed by atoms with E-state index in [1.165, 1.54) is 173 Å². The number of rotatable bonds is 50. The van der Waals surface area contributed by atoms with Crippen molar-refractivity contribution in [3.05, 3.63) is 48.6 Å². The minimum atomic E-state index is -4.29. The molecule has 0 aliphatic heterocycles. The predicted octanol–water partition coefficient (Wildman–Crippen LogP) is 16.3. The van der Waals surface area contributed by atoms with Crippen molar-refractivity contribution < 1.29 is 32.8 Å². The summed E-state index contributed by atoms with van der Waals surface area (Å²) in [5.41, 5.74) is 5.39. The van der Waals surface area contributed by atoms with E-state index in [2.05, 4.69) is 62.5 Å². The monoisotopic (exact) mass is 894 g/mol. The van der Waals surface area contributed by atoms with E-state index in [0.29, 0.717) is 13.0 Å². The van der Waals surface area contributed by atoms with E-state index in [-0.39, 0.29) is 32.3 Å². The Morgan fingerprint density at radius 1 is 0.484 bits per heavy atom. The molecule has 62 heavy (non-hydrogen) atoms. The first kappa shape index (κ1) is 60.5. The molecule has 0 aromatic carbocycles. The Hall–Kier alpha value is -1.54. The van der Waals surface area contributed by atoms with Gasteiger partial charge in [0, 0.05) is 19.6 Å². The molecule has 0 radical (unpaired) electrons. The average Bonchev–Trinajstić information content (AvgIpc) is 3.26. The number of unbranched alkanes of at least 4 members (excludes halogenated alkanes) is 29. The van der Waals surface area contributed by atoms with E-state index in [1.54, 1.807) is 0 Å². The van der Waals surface area contributed by atoms with E-state index in [4.69, 9.17) is 24.3 Å². The molecule has 0 aromatic rings. The lowest BCUT2D eigenvalue weighted by Crippen LogP contribution is -2.28. The minimum Gasteiger partial charge on any atom is -0.457 e. The largest absolute Gasteiger partial charge is 0.472 e. The molecule has 0 spiro atoms. The Labute approximate surface area is 383 Å². The van der Waals surface area contributed by atoms with Crippen LogP contribution in [-0.2, 0) is 27.9 Å². The number of allylic oxidation sites excluding steroid dienone is 8. The van der Waals surface area contributed by atoms with E-state index in [1.807, 2.05) is 0 Å². The summed E-state index contributed by atoms with van der Waals surface area (Å²) in [7, 11) is -4.29. The fourth-order valence-corrected chi connectivity index (χ4v) is 8.12. The quantitative estimate of drug-likeness (QED) is 0.0268. The van der Waals surface area contributed by atoms with Crippen LogP contribution in [0, 0.1) is 0 Å². The molecule has 0 rings (SSSR count). The van der Waals surface area contributed by atoms with Crippen LogP contribution in [0.15, 0.2) is 48.6 Å². The molecule has 0 amide bonds. The standard InChI is InChI=1S/C53H100NO7P/c1-3-5-7-9-11-13-15-17-19-21-23-25-26-27-28-30-32-34-36-38-40-42-44-46-53(55)61-52(51-60-62(56,57)59-49-47-54)50-58-48-45-43-41-39-37-35-33-31-29-24-22-20-18-16-14-12-10-8-6-4-2/h15,17-18,20-21,23,26-27,52H,3-14,16,19,22,24-25,28-51,54H2,1-2H3,(H,56,57)/b17-15-,20-18-,23-21-,27-26-. The molecule has 2 unspecified atom stereocenters. The molecule has 0 aliphatic rings. The first-order chi connectivity index (χ1) is 30.4. The van der Waals surface area contributed by atoms with Gasteiger partial charge >= 0.3 is 13.8 Å². The fraction of sp³-hybridized carbons (Fsp3) is 0.830. The van der Waals surface area contributed by atoms with Gasteiger partial charge in [0.1, 0.15) is 6.10 Å². The van der Waals surface area contributed by atoms with Crippen molar-refractivity contribution in [3.8, 4) is 0 Å². The maximum atomic E-state index is 12.7. The minimum absolute atomic E-state index is 0.0979. The van der Waals surface area contributed by atoms with Crippen molar-refractivity contribution in [2.45, 2.75) is 251 Å². The summed E-state index contributed by atoms with van der Waals surface area (Å²) < 4.78 is 33.6. The maximum absolute atomic E-state index is 12.7. The molecule has 0 aliphatic carbocycles. The van der Waals surface area contributed by atoms with Crippen LogP contribution in [-0.4, -0.2) is 49.9 Å². The number of hydrogen-bond acceptors (Lipinski definition) is 7.